The Bertz CT molecular complexity index is 365. The number of benzene rings is 1. The first-order valence-corrected chi connectivity index (χ1v) is 7.75. The van der Waals surface area contributed by atoms with Crippen LogP contribution in [0.5, 0.6) is 0 Å². The molecule has 1 atom stereocenters. The van der Waals surface area contributed by atoms with Crippen molar-refractivity contribution in [1.29, 1.82) is 0 Å². The summed E-state index contributed by atoms with van der Waals surface area (Å²) in [5.74, 6) is 0.884. The van der Waals surface area contributed by atoms with Crippen LogP contribution in [0.1, 0.15) is 25.3 Å². The van der Waals surface area contributed by atoms with Gasteiger partial charge in [-0.05, 0) is 30.0 Å². The van der Waals surface area contributed by atoms with Gasteiger partial charge in [-0.1, -0.05) is 51.3 Å². The average molecular weight is 347 g/mol. The predicted octanol–water partition coefficient (Wildman–Crippen LogP) is 4.58. The van der Waals surface area contributed by atoms with Crippen LogP contribution in [0.25, 0.3) is 0 Å². The van der Waals surface area contributed by atoms with Crippen LogP contribution in [0, 0.1) is 5.92 Å². The molecule has 0 spiro atoms. The maximum atomic E-state index is 3.63. The number of rotatable bonds is 3. The van der Waals surface area contributed by atoms with Crippen LogP contribution in [0.2, 0.25) is 0 Å². The number of hydrogen-bond acceptors (Lipinski definition) is 1. The molecule has 0 saturated carbocycles. The van der Waals surface area contributed by atoms with E-state index in [2.05, 4.69) is 61.9 Å². The highest BCUT2D eigenvalue weighted by Crippen LogP contribution is 2.30. The monoisotopic (exact) mass is 345 g/mol. The van der Waals surface area contributed by atoms with E-state index in [1.807, 2.05) is 0 Å². The average Bonchev–Trinajstić information content (AvgIpc) is 2.77. The summed E-state index contributed by atoms with van der Waals surface area (Å²) in [6.07, 6.45) is 2.64. The second kappa shape index (κ2) is 5.54. The van der Waals surface area contributed by atoms with Crippen molar-refractivity contribution >= 4 is 37.5 Å². The van der Waals surface area contributed by atoms with Gasteiger partial charge in [-0.3, -0.25) is 0 Å². The van der Waals surface area contributed by atoms with E-state index in [1.54, 1.807) is 0 Å². The molecule has 1 unspecified atom stereocenters. The zero-order valence-corrected chi connectivity index (χ0v) is 12.7. The first kappa shape index (κ1) is 12.4. The number of nitrogens with zero attached hydrogens (tertiary/aromatic N) is 1. The van der Waals surface area contributed by atoms with Crippen molar-refractivity contribution in [2.45, 2.75) is 25.1 Å². The summed E-state index contributed by atoms with van der Waals surface area (Å²) in [4.78, 5) is 2.50. The topological polar surface area (TPSA) is 3.24 Å². The summed E-state index contributed by atoms with van der Waals surface area (Å²) in [7, 11) is 0. The second-order valence-corrected chi connectivity index (χ2v) is 5.83. The first-order chi connectivity index (χ1) is 7.74. The molecule has 0 aromatic heterocycles. The Morgan fingerprint density at radius 1 is 1.44 bits per heavy atom. The molecule has 3 heteroatoms. The third-order valence-electron chi connectivity index (χ3n) is 3.41. The summed E-state index contributed by atoms with van der Waals surface area (Å²) in [6.45, 7) is 4.72. The Balaban J connectivity index is 2.13. The molecular weight excluding hydrogens is 330 g/mol. The highest BCUT2D eigenvalue weighted by atomic mass is 79.9. The van der Waals surface area contributed by atoms with Crippen molar-refractivity contribution in [3.63, 3.8) is 0 Å². The lowest BCUT2D eigenvalue weighted by atomic mass is 10.1. The van der Waals surface area contributed by atoms with E-state index in [9.17, 15) is 0 Å². The zero-order valence-electron chi connectivity index (χ0n) is 9.55. The van der Waals surface area contributed by atoms with Crippen LogP contribution in [-0.4, -0.2) is 13.1 Å². The second-order valence-electron chi connectivity index (χ2n) is 4.42. The van der Waals surface area contributed by atoms with Gasteiger partial charge in [0, 0.05) is 28.6 Å². The number of halogens is 2. The molecule has 2 rings (SSSR count). The van der Waals surface area contributed by atoms with Crippen molar-refractivity contribution in [2.75, 3.05) is 18.0 Å². The summed E-state index contributed by atoms with van der Waals surface area (Å²) in [5, 5.41) is 0.908. The highest BCUT2D eigenvalue weighted by Gasteiger charge is 2.21. The smallest absolute Gasteiger partial charge is 0.0377 e. The summed E-state index contributed by atoms with van der Waals surface area (Å²) >= 11 is 7.12. The number of hydrogen-bond donors (Lipinski definition) is 0. The quantitative estimate of drug-likeness (QED) is 0.724. The fourth-order valence-corrected chi connectivity index (χ4v) is 3.61. The van der Waals surface area contributed by atoms with Gasteiger partial charge in [0.15, 0.2) is 0 Å². The van der Waals surface area contributed by atoms with Gasteiger partial charge in [-0.25, -0.2) is 0 Å². The van der Waals surface area contributed by atoms with Gasteiger partial charge >= 0.3 is 0 Å². The van der Waals surface area contributed by atoms with Crippen LogP contribution < -0.4 is 4.90 Å². The molecule has 0 aliphatic carbocycles. The van der Waals surface area contributed by atoms with Crippen molar-refractivity contribution in [2.24, 2.45) is 5.92 Å². The van der Waals surface area contributed by atoms with Gasteiger partial charge < -0.3 is 4.90 Å². The Labute approximate surface area is 114 Å². The van der Waals surface area contributed by atoms with Gasteiger partial charge in [-0.2, -0.15) is 0 Å². The fraction of sp³-hybridized carbons (Fsp3) is 0.538. The SMILES string of the molecule is CCC1CCN(c2ccc(CBr)c(Br)c2)C1. The fourth-order valence-electron chi connectivity index (χ4n) is 2.24. The third kappa shape index (κ3) is 2.62. The molecular formula is C13H17Br2N. The lowest BCUT2D eigenvalue weighted by Crippen LogP contribution is -2.19. The van der Waals surface area contributed by atoms with Gasteiger partial charge in [0.1, 0.15) is 0 Å². The van der Waals surface area contributed by atoms with E-state index in [0.717, 1.165) is 11.2 Å². The minimum absolute atomic E-state index is 0.884. The number of anilines is 1. The molecule has 1 aromatic rings. The highest BCUT2D eigenvalue weighted by molar-refractivity contribution is 9.10. The van der Waals surface area contributed by atoms with E-state index >= 15 is 0 Å². The molecule has 1 saturated heterocycles. The van der Waals surface area contributed by atoms with Crippen molar-refractivity contribution in [3.8, 4) is 0 Å². The minimum atomic E-state index is 0.884. The van der Waals surface area contributed by atoms with Crippen molar-refractivity contribution in [3.05, 3.63) is 28.2 Å². The molecule has 0 radical (unpaired) electrons. The van der Waals surface area contributed by atoms with Crippen LogP contribution in [0.4, 0.5) is 5.69 Å². The normalized spacial score (nSPS) is 20.4. The lowest BCUT2D eigenvalue weighted by molar-refractivity contribution is 0.569. The van der Waals surface area contributed by atoms with Crippen LogP contribution in [0.3, 0.4) is 0 Å². The molecule has 1 aliphatic heterocycles. The molecule has 1 heterocycles. The minimum Gasteiger partial charge on any atom is -0.371 e. The van der Waals surface area contributed by atoms with E-state index < -0.39 is 0 Å². The Hall–Kier alpha value is -0.0200. The molecule has 0 bridgehead atoms. The Kier molecular flexibility index (Phi) is 4.31. The van der Waals surface area contributed by atoms with Crippen molar-refractivity contribution in [1.82, 2.24) is 0 Å². The zero-order chi connectivity index (χ0) is 11.5. The van der Waals surface area contributed by atoms with Crippen molar-refractivity contribution < 1.29 is 0 Å². The standard InChI is InChI=1S/C13H17Br2N/c1-2-10-5-6-16(9-10)12-4-3-11(8-14)13(15)7-12/h3-4,7,10H,2,5-6,8-9H2,1H3. The molecule has 1 nitrogen and oxygen atoms in total. The van der Waals surface area contributed by atoms with Gasteiger partial charge in [-0.15, -0.1) is 0 Å². The maximum absolute atomic E-state index is 3.63. The van der Waals surface area contributed by atoms with Crippen LogP contribution in [-0.2, 0) is 5.33 Å². The molecule has 1 aromatic carbocycles. The van der Waals surface area contributed by atoms with E-state index in [-0.39, 0.29) is 0 Å². The van der Waals surface area contributed by atoms with Crippen LogP contribution in [0.15, 0.2) is 22.7 Å². The van der Waals surface area contributed by atoms with E-state index in [4.69, 9.17) is 0 Å². The van der Waals surface area contributed by atoms with Gasteiger partial charge in [0.05, 0.1) is 0 Å². The predicted molar refractivity (Wildman–Crippen MR) is 77.4 cm³/mol. The number of alkyl halides is 1. The largest absolute Gasteiger partial charge is 0.371 e. The van der Waals surface area contributed by atoms with E-state index in [0.29, 0.717) is 0 Å². The summed E-state index contributed by atoms with van der Waals surface area (Å²) in [6, 6.07) is 6.68. The first-order valence-electron chi connectivity index (χ1n) is 5.84. The molecule has 16 heavy (non-hydrogen) atoms. The van der Waals surface area contributed by atoms with Gasteiger partial charge in [0.2, 0.25) is 0 Å². The molecule has 0 N–H and O–H groups in total. The summed E-state index contributed by atoms with van der Waals surface area (Å²) < 4.78 is 1.21. The molecule has 1 aliphatic rings. The Morgan fingerprint density at radius 2 is 2.25 bits per heavy atom. The summed E-state index contributed by atoms with van der Waals surface area (Å²) in [5.41, 5.74) is 2.67. The molecule has 88 valence electrons. The van der Waals surface area contributed by atoms with Gasteiger partial charge in [0.25, 0.3) is 0 Å². The third-order valence-corrected chi connectivity index (χ3v) is 4.75. The van der Waals surface area contributed by atoms with Crippen LogP contribution >= 0.6 is 31.9 Å². The Morgan fingerprint density at radius 3 is 2.81 bits per heavy atom. The maximum Gasteiger partial charge on any atom is 0.0377 e. The van der Waals surface area contributed by atoms with E-state index in [1.165, 1.54) is 41.7 Å². The lowest BCUT2D eigenvalue weighted by Gasteiger charge is -2.19. The molecule has 0 amide bonds. The molecule has 1 fully saturated rings.